The number of nitrogens with zero attached hydrogens (tertiary/aromatic N) is 3. The lowest BCUT2D eigenvalue weighted by atomic mass is 9.91. The molecule has 1 amide bonds. The number of carbonyl (C=O) groups excluding carboxylic acids is 1. The molecular formula is C26H23F2N5O2. The minimum Gasteiger partial charge on any atom is -0.454 e. The smallest absolute Gasteiger partial charge is 0.269 e. The Morgan fingerprint density at radius 1 is 1.17 bits per heavy atom. The van der Waals surface area contributed by atoms with Crippen LogP contribution in [0.2, 0.25) is 0 Å². The summed E-state index contributed by atoms with van der Waals surface area (Å²) in [5.41, 5.74) is 8.78. The van der Waals surface area contributed by atoms with Gasteiger partial charge < -0.3 is 15.4 Å². The number of likely N-dealkylation sites (tertiary alicyclic amines) is 1. The number of ether oxygens (including phenoxy) is 1. The summed E-state index contributed by atoms with van der Waals surface area (Å²) < 4.78 is 34.2. The average Bonchev–Trinajstić information content (AvgIpc) is 3.41. The first-order valence-electron chi connectivity index (χ1n) is 11.2. The maximum absolute atomic E-state index is 13.9. The Bertz CT molecular complexity index is 1450. The molecule has 0 atom stereocenters. The molecule has 0 bridgehead atoms. The highest BCUT2D eigenvalue weighted by molar-refractivity contribution is 5.98. The summed E-state index contributed by atoms with van der Waals surface area (Å²) in [4.78, 5) is 19.3. The molecule has 1 saturated heterocycles. The number of hydrogen-bond acceptors (Lipinski definition) is 4. The Hall–Kier alpha value is -4.32. The molecule has 7 nitrogen and oxygen atoms in total. The number of piperidine rings is 1. The van der Waals surface area contributed by atoms with Crippen molar-refractivity contribution < 1.29 is 18.3 Å². The summed E-state index contributed by atoms with van der Waals surface area (Å²) in [7, 11) is 0. The number of halogens is 2. The van der Waals surface area contributed by atoms with Gasteiger partial charge in [0.25, 0.3) is 5.91 Å². The van der Waals surface area contributed by atoms with Gasteiger partial charge >= 0.3 is 0 Å². The number of fused-ring (bicyclic) bond motifs is 1. The number of hydrogen-bond donors (Lipinski definition) is 2. The molecule has 0 saturated carbocycles. The molecule has 1 aliphatic rings. The fourth-order valence-electron chi connectivity index (χ4n) is 4.49. The highest BCUT2D eigenvalue weighted by Crippen LogP contribution is 2.34. The molecule has 2 aromatic carbocycles. The number of rotatable bonds is 5. The zero-order valence-electron chi connectivity index (χ0n) is 19.0. The molecule has 0 spiro atoms. The molecule has 9 heteroatoms. The van der Waals surface area contributed by atoms with Crippen LogP contribution in [0.15, 0.2) is 48.7 Å². The molecule has 1 fully saturated rings. The molecule has 1 aliphatic heterocycles. The van der Waals surface area contributed by atoms with Crippen molar-refractivity contribution in [1.29, 1.82) is 0 Å². The molecule has 5 rings (SSSR count). The van der Waals surface area contributed by atoms with E-state index < -0.39 is 17.5 Å². The van der Waals surface area contributed by atoms with Crippen LogP contribution in [0.4, 0.5) is 8.78 Å². The van der Waals surface area contributed by atoms with Crippen LogP contribution < -0.4 is 10.5 Å². The van der Waals surface area contributed by atoms with E-state index in [-0.39, 0.29) is 17.4 Å². The number of aromatic nitrogens is 3. The lowest BCUT2D eigenvalue weighted by Gasteiger charge is -2.28. The Balaban J connectivity index is 1.44. The molecule has 35 heavy (non-hydrogen) atoms. The van der Waals surface area contributed by atoms with E-state index in [0.717, 1.165) is 43.6 Å². The van der Waals surface area contributed by atoms with Crippen LogP contribution in [0.5, 0.6) is 11.5 Å². The Morgan fingerprint density at radius 2 is 1.91 bits per heavy atom. The number of primary amides is 1. The van der Waals surface area contributed by atoms with Gasteiger partial charge in [0.15, 0.2) is 22.9 Å². The van der Waals surface area contributed by atoms with Crippen molar-refractivity contribution in [2.75, 3.05) is 13.1 Å². The zero-order valence-corrected chi connectivity index (χ0v) is 19.0. The molecule has 4 aromatic rings. The van der Waals surface area contributed by atoms with Crippen LogP contribution in [0.3, 0.4) is 0 Å². The van der Waals surface area contributed by atoms with Gasteiger partial charge in [0.1, 0.15) is 17.3 Å². The molecule has 0 radical (unpaired) electrons. The number of carbonyl (C=O) groups is 1. The molecule has 3 heterocycles. The zero-order chi connectivity index (χ0) is 24.5. The van der Waals surface area contributed by atoms with Crippen molar-refractivity contribution in [3.05, 3.63) is 71.6 Å². The third-order valence-electron chi connectivity index (χ3n) is 6.17. The molecule has 2 aromatic heterocycles. The number of H-pyrrole nitrogens is 1. The van der Waals surface area contributed by atoms with Gasteiger partial charge in [-0.15, -0.1) is 0 Å². The van der Waals surface area contributed by atoms with Crippen molar-refractivity contribution in [2.24, 2.45) is 5.73 Å². The van der Waals surface area contributed by atoms with E-state index in [2.05, 4.69) is 22.0 Å². The van der Waals surface area contributed by atoms with Crippen molar-refractivity contribution in [3.63, 3.8) is 0 Å². The van der Waals surface area contributed by atoms with E-state index in [1.165, 1.54) is 6.07 Å². The first-order chi connectivity index (χ1) is 16.9. The van der Waals surface area contributed by atoms with E-state index in [4.69, 9.17) is 15.5 Å². The number of benzene rings is 2. The average molecular weight is 475 g/mol. The van der Waals surface area contributed by atoms with Gasteiger partial charge in [-0.1, -0.05) is 5.92 Å². The molecule has 0 aliphatic carbocycles. The maximum Gasteiger partial charge on any atom is 0.269 e. The number of aromatic amines is 1. The minimum absolute atomic E-state index is 0.0899. The fourth-order valence-corrected chi connectivity index (χ4v) is 4.49. The predicted molar refractivity (Wildman–Crippen MR) is 127 cm³/mol. The summed E-state index contributed by atoms with van der Waals surface area (Å²) >= 11 is 0. The SMILES string of the molecule is CC#CN1CCC(c2c[nH]n3c(C(N)=O)c(-c4ccc(Oc5ccc(F)cc5F)cc4)nc23)CC1. The highest BCUT2D eigenvalue weighted by atomic mass is 19.1. The molecular weight excluding hydrogens is 452 g/mol. The summed E-state index contributed by atoms with van der Waals surface area (Å²) in [6, 6.07) is 12.9. The Kier molecular flexibility index (Phi) is 5.87. The largest absolute Gasteiger partial charge is 0.454 e. The monoisotopic (exact) mass is 475 g/mol. The second kappa shape index (κ2) is 9.14. The fraction of sp³-hybridized carbons (Fsp3) is 0.231. The number of imidazole rings is 1. The van der Waals surface area contributed by atoms with Crippen molar-refractivity contribution in [2.45, 2.75) is 25.7 Å². The second-order valence-corrected chi connectivity index (χ2v) is 8.39. The van der Waals surface area contributed by atoms with Crippen LogP contribution in [0.1, 0.15) is 41.7 Å². The van der Waals surface area contributed by atoms with Gasteiger partial charge in [-0.2, -0.15) is 0 Å². The van der Waals surface area contributed by atoms with Crippen LogP contribution in [0, 0.1) is 23.6 Å². The first kappa shape index (κ1) is 22.5. The summed E-state index contributed by atoms with van der Waals surface area (Å²) in [5, 5.41) is 3.13. The van der Waals surface area contributed by atoms with Crippen molar-refractivity contribution >= 4 is 11.6 Å². The summed E-state index contributed by atoms with van der Waals surface area (Å²) in [6.45, 7) is 3.57. The second-order valence-electron chi connectivity index (χ2n) is 8.39. The quantitative estimate of drug-likeness (QED) is 0.411. The van der Waals surface area contributed by atoms with Gasteiger partial charge in [-0.3, -0.25) is 9.89 Å². The summed E-state index contributed by atoms with van der Waals surface area (Å²) in [5.74, 6) is 1.40. The van der Waals surface area contributed by atoms with E-state index in [1.54, 1.807) is 28.8 Å². The third-order valence-corrected chi connectivity index (χ3v) is 6.17. The van der Waals surface area contributed by atoms with Crippen LogP contribution >= 0.6 is 0 Å². The van der Waals surface area contributed by atoms with E-state index >= 15 is 0 Å². The number of nitrogens with one attached hydrogen (secondary N) is 1. The lowest BCUT2D eigenvalue weighted by molar-refractivity contribution is 0.0994. The number of nitrogens with two attached hydrogens (primary N) is 1. The maximum atomic E-state index is 13.9. The molecule has 178 valence electrons. The van der Waals surface area contributed by atoms with Gasteiger partial charge in [0, 0.05) is 42.5 Å². The Morgan fingerprint density at radius 3 is 2.57 bits per heavy atom. The standard InChI is InChI=1S/C26H23F2N5O2/c1-2-11-32-12-9-16(10-13-32)20-15-30-33-24(25(29)34)23(31-26(20)33)17-3-6-19(7-4-17)35-22-8-5-18(27)14-21(22)28/h3-8,14-16,30H,9-10,12-13H2,1H3,(H2,29,34). The van der Waals surface area contributed by atoms with Gasteiger partial charge in [-0.25, -0.2) is 18.3 Å². The highest BCUT2D eigenvalue weighted by Gasteiger charge is 2.27. The third kappa shape index (κ3) is 4.30. The lowest BCUT2D eigenvalue weighted by Crippen LogP contribution is -2.29. The van der Waals surface area contributed by atoms with Crippen LogP contribution in [0.25, 0.3) is 16.9 Å². The molecule has 0 unspecified atom stereocenters. The summed E-state index contributed by atoms with van der Waals surface area (Å²) in [6.07, 6.45) is 3.75. The Labute approximate surface area is 200 Å². The van der Waals surface area contributed by atoms with E-state index in [0.29, 0.717) is 22.7 Å². The van der Waals surface area contributed by atoms with Gasteiger partial charge in [0.05, 0.1) is 0 Å². The van der Waals surface area contributed by atoms with Gasteiger partial charge in [0.2, 0.25) is 0 Å². The number of amides is 1. The normalized spacial score (nSPS) is 14.1. The van der Waals surface area contributed by atoms with E-state index in [1.807, 2.05) is 13.1 Å². The molecule has 3 N–H and O–H groups in total. The van der Waals surface area contributed by atoms with Gasteiger partial charge in [-0.05, 0) is 62.1 Å². The first-order valence-corrected chi connectivity index (χ1v) is 11.2. The predicted octanol–water partition coefficient (Wildman–Crippen LogP) is 4.66. The van der Waals surface area contributed by atoms with Crippen LogP contribution in [-0.4, -0.2) is 38.5 Å². The van der Waals surface area contributed by atoms with E-state index in [9.17, 15) is 13.6 Å². The van der Waals surface area contributed by atoms with Crippen molar-refractivity contribution in [3.8, 4) is 34.7 Å². The topological polar surface area (TPSA) is 88.7 Å². The van der Waals surface area contributed by atoms with Crippen LogP contribution in [-0.2, 0) is 0 Å². The van der Waals surface area contributed by atoms with Crippen molar-refractivity contribution in [1.82, 2.24) is 19.5 Å². The minimum atomic E-state index is -0.798.